The Morgan fingerprint density at radius 2 is 2.28 bits per heavy atom. The van der Waals surface area contributed by atoms with E-state index in [-0.39, 0.29) is 11.9 Å². The zero-order chi connectivity index (χ0) is 12.5. The van der Waals surface area contributed by atoms with Crippen LogP contribution in [0.3, 0.4) is 0 Å². The monoisotopic (exact) mass is 311 g/mol. The van der Waals surface area contributed by atoms with Crippen LogP contribution in [-0.2, 0) is 0 Å². The van der Waals surface area contributed by atoms with E-state index in [0.29, 0.717) is 21.8 Å². The Morgan fingerprint density at radius 1 is 1.39 bits per heavy atom. The number of aromatic nitrogens is 2. The summed E-state index contributed by atoms with van der Waals surface area (Å²) in [6.07, 6.45) is 2.10. The van der Waals surface area contributed by atoms with Crippen LogP contribution in [0.5, 0.6) is 0 Å². The normalized spacial score (nSPS) is 19.3. The van der Waals surface area contributed by atoms with Crippen molar-refractivity contribution in [1.29, 1.82) is 0 Å². The summed E-state index contributed by atoms with van der Waals surface area (Å²) in [6, 6.07) is 4.67. The van der Waals surface area contributed by atoms with Gasteiger partial charge in [0.05, 0.1) is 6.04 Å². The van der Waals surface area contributed by atoms with Gasteiger partial charge in [0.1, 0.15) is 5.82 Å². The molecule has 1 aliphatic heterocycles. The van der Waals surface area contributed by atoms with E-state index in [9.17, 15) is 4.39 Å². The summed E-state index contributed by atoms with van der Waals surface area (Å²) >= 11 is 3.24. The van der Waals surface area contributed by atoms with Crippen molar-refractivity contribution in [1.82, 2.24) is 15.5 Å². The van der Waals surface area contributed by atoms with Gasteiger partial charge in [-0.3, -0.25) is 0 Å². The second-order valence-electron chi connectivity index (χ2n) is 4.26. The molecule has 0 bridgehead atoms. The van der Waals surface area contributed by atoms with Crippen molar-refractivity contribution in [3.8, 4) is 11.4 Å². The number of nitrogens with one attached hydrogen (secondary N) is 1. The fourth-order valence-electron chi connectivity index (χ4n) is 2.07. The minimum absolute atomic E-state index is 0.128. The van der Waals surface area contributed by atoms with E-state index in [1.54, 1.807) is 6.07 Å². The lowest BCUT2D eigenvalue weighted by Crippen LogP contribution is -2.12. The predicted octanol–water partition coefficient (Wildman–Crippen LogP) is 3.06. The van der Waals surface area contributed by atoms with E-state index in [4.69, 9.17) is 4.52 Å². The highest BCUT2D eigenvalue weighted by atomic mass is 79.9. The lowest BCUT2D eigenvalue weighted by atomic mass is 10.2. The smallest absolute Gasteiger partial charge is 0.244 e. The molecule has 94 valence electrons. The molecule has 4 nitrogen and oxygen atoms in total. The lowest BCUT2D eigenvalue weighted by Gasteiger charge is -2.01. The van der Waals surface area contributed by atoms with Gasteiger partial charge in [-0.15, -0.1) is 0 Å². The molecule has 0 aliphatic carbocycles. The van der Waals surface area contributed by atoms with Crippen molar-refractivity contribution in [3.05, 3.63) is 34.4 Å². The molecule has 0 spiro atoms. The first-order chi connectivity index (χ1) is 8.72. The molecule has 1 fully saturated rings. The fourth-order valence-corrected chi connectivity index (χ4v) is 2.54. The van der Waals surface area contributed by atoms with Crippen LogP contribution in [0, 0.1) is 5.82 Å². The van der Waals surface area contributed by atoms with Crippen molar-refractivity contribution in [2.24, 2.45) is 0 Å². The molecule has 1 N–H and O–H groups in total. The Labute approximate surface area is 112 Å². The van der Waals surface area contributed by atoms with Crippen LogP contribution >= 0.6 is 15.9 Å². The first-order valence-electron chi connectivity index (χ1n) is 5.76. The van der Waals surface area contributed by atoms with Gasteiger partial charge in [0.25, 0.3) is 0 Å². The Hall–Kier alpha value is -1.27. The second kappa shape index (κ2) is 4.78. The standard InChI is InChI=1S/C12H11BrFN3O/c13-8-4-7(5-9(14)6-8)11-16-12(18-17-11)10-2-1-3-15-10/h4-6,10,15H,1-3H2/t10-/m1/s1. The van der Waals surface area contributed by atoms with Crippen LogP contribution in [0.1, 0.15) is 24.8 Å². The van der Waals surface area contributed by atoms with Gasteiger partial charge in [0.15, 0.2) is 0 Å². The third-order valence-electron chi connectivity index (χ3n) is 2.92. The van der Waals surface area contributed by atoms with Gasteiger partial charge in [-0.2, -0.15) is 4.98 Å². The molecule has 2 heterocycles. The SMILES string of the molecule is Fc1cc(Br)cc(-c2noc([C@H]3CCCN3)n2)c1. The molecular weight excluding hydrogens is 301 g/mol. The maximum atomic E-state index is 13.3. The topological polar surface area (TPSA) is 51.0 Å². The first kappa shape index (κ1) is 11.8. The van der Waals surface area contributed by atoms with Gasteiger partial charge >= 0.3 is 0 Å². The van der Waals surface area contributed by atoms with Crippen molar-refractivity contribution in [2.45, 2.75) is 18.9 Å². The first-order valence-corrected chi connectivity index (χ1v) is 6.55. The molecule has 0 amide bonds. The molecule has 3 rings (SSSR count). The number of rotatable bonds is 2. The van der Waals surface area contributed by atoms with Gasteiger partial charge in [0, 0.05) is 10.0 Å². The van der Waals surface area contributed by atoms with Gasteiger partial charge in [-0.1, -0.05) is 21.1 Å². The quantitative estimate of drug-likeness (QED) is 0.926. The molecule has 1 aliphatic rings. The van der Waals surface area contributed by atoms with E-state index < -0.39 is 0 Å². The number of halogens is 2. The summed E-state index contributed by atoms with van der Waals surface area (Å²) < 4.78 is 19.2. The van der Waals surface area contributed by atoms with Crippen molar-refractivity contribution >= 4 is 15.9 Å². The predicted molar refractivity (Wildman–Crippen MR) is 67.4 cm³/mol. The summed E-state index contributed by atoms with van der Waals surface area (Å²) in [4.78, 5) is 4.32. The molecule has 18 heavy (non-hydrogen) atoms. The van der Waals surface area contributed by atoms with Crippen LogP contribution in [-0.4, -0.2) is 16.7 Å². The summed E-state index contributed by atoms with van der Waals surface area (Å²) in [5, 5.41) is 7.18. The fraction of sp³-hybridized carbons (Fsp3) is 0.333. The van der Waals surface area contributed by atoms with E-state index in [0.717, 1.165) is 19.4 Å². The molecular formula is C12H11BrFN3O. The van der Waals surface area contributed by atoms with Gasteiger partial charge in [0.2, 0.25) is 11.7 Å². The van der Waals surface area contributed by atoms with Crippen LogP contribution in [0.4, 0.5) is 4.39 Å². The van der Waals surface area contributed by atoms with Crippen LogP contribution in [0.15, 0.2) is 27.2 Å². The number of hydrogen-bond acceptors (Lipinski definition) is 4. The van der Waals surface area contributed by atoms with E-state index in [2.05, 4.69) is 31.4 Å². The van der Waals surface area contributed by atoms with Crippen molar-refractivity contribution in [3.63, 3.8) is 0 Å². The second-order valence-corrected chi connectivity index (χ2v) is 5.18. The summed E-state index contributed by atoms with van der Waals surface area (Å²) in [7, 11) is 0. The maximum Gasteiger partial charge on any atom is 0.244 e. The van der Waals surface area contributed by atoms with Gasteiger partial charge in [-0.05, 0) is 37.6 Å². The van der Waals surface area contributed by atoms with Crippen molar-refractivity contribution in [2.75, 3.05) is 6.54 Å². The molecule has 1 atom stereocenters. The summed E-state index contributed by atoms with van der Waals surface area (Å²) in [5.74, 6) is 0.659. The number of hydrogen-bond donors (Lipinski definition) is 1. The van der Waals surface area contributed by atoms with Gasteiger partial charge < -0.3 is 9.84 Å². The molecule has 6 heteroatoms. The highest BCUT2D eigenvalue weighted by molar-refractivity contribution is 9.10. The molecule has 2 aromatic rings. The highest BCUT2D eigenvalue weighted by Gasteiger charge is 2.22. The minimum atomic E-state index is -0.329. The third kappa shape index (κ3) is 2.30. The molecule has 1 aromatic carbocycles. The molecule has 0 radical (unpaired) electrons. The Kier molecular flexibility index (Phi) is 3.13. The summed E-state index contributed by atoms with van der Waals surface area (Å²) in [6.45, 7) is 0.966. The average Bonchev–Trinajstić information content (AvgIpc) is 2.99. The average molecular weight is 312 g/mol. The zero-order valence-electron chi connectivity index (χ0n) is 9.49. The summed E-state index contributed by atoms with van der Waals surface area (Å²) in [5.41, 5.74) is 0.606. The van der Waals surface area contributed by atoms with Gasteiger partial charge in [-0.25, -0.2) is 4.39 Å². The third-order valence-corrected chi connectivity index (χ3v) is 3.38. The Bertz CT molecular complexity index is 546. The Balaban J connectivity index is 1.92. The van der Waals surface area contributed by atoms with Crippen LogP contribution in [0.2, 0.25) is 0 Å². The molecule has 1 saturated heterocycles. The van der Waals surface area contributed by atoms with E-state index in [1.165, 1.54) is 12.1 Å². The largest absolute Gasteiger partial charge is 0.337 e. The van der Waals surface area contributed by atoms with Crippen LogP contribution < -0.4 is 5.32 Å². The highest BCUT2D eigenvalue weighted by Crippen LogP contribution is 2.26. The van der Waals surface area contributed by atoms with Crippen molar-refractivity contribution < 1.29 is 8.91 Å². The minimum Gasteiger partial charge on any atom is -0.337 e. The zero-order valence-corrected chi connectivity index (χ0v) is 11.1. The number of nitrogens with zero attached hydrogens (tertiary/aromatic N) is 2. The number of benzene rings is 1. The Morgan fingerprint density at radius 3 is 3.00 bits per heavy atom. The van der Waals surface area contributed by atoms with E-state index >= 15 is 0 Å². The maximum absolute atomic E-state index is 13.3. The lowest BCUT2D eigenvalue weighted by molar-refractivity contribution is 0.345. The molecule has 1 aromatic heterocycles. The van der Waals surface area contributed by atoms with E-state index in [1.807, 2.05) is 0 Å². The molecule has 0 saturated carbocycles. The molecule has 0 unspecified atom stereocenters. The van der Waals surface area contributed by atoms with Crippen LogP contribution in [0.25, 0.3) is 11.4 Å².